The van der Waals surface area contributed by atoms with Crippen LogP contribution in [0.15, 0.2) is 54.9 Å². The highest BCUT2D eigenvalue weighted by molar-refractivity contribution is 6.31. The molecule has 0 radical (unpaired) electrons. The number of hydrogen-bond acceptors (Lipinski definition) is 8. The van der Waals surface area contributed by atoms with Crippen molar-refractivity contribution in [3.8, 4) is 5.75 Å². The molecule has 0 unspecified atom stereocenters. The molecule has 0 bridgehead atoms. The Bertz CT molecular complexity index is 1160. The van der Waals surface area contributed by atoms with Crippen LogP contribution in [-0.2, 0) is 11.0 Å². The molecule has 0 fully saturated rings. The molecule has 3 N–H and O–H groups in total. The highest BCUT2D eigenvalue weighted by Gasteiger charge is 2.33. The molecule has 10 nitrogen and oxygen atoms in total. The average molecular weight is 483 g/mol. The summed E-state index contributed by atoms with van der Waals surface area (Å²) >= 11 is 5.58. The fourth-order valence-corrected chi connectivity index (χ4v) is 2.75. The zero-order chi connectivity index (χ0) is 24.0. The number of nitro groups is 1. The van der Waals surface area contributed by atoms with Gasteiger partial charge in [-0.1, -0.05) is 29.8 Å². The van der Waals surface area contributed by atoms with E-state index in [0.717, 1.165) is 12.4 Å². The van der Waals surface area contributed by atoms with Gasteiger partial charge in [-0.05, 0) is 30.3 Å². The average Bonchev–Trinajstić information content (AvgIpc) is 2.77. The van der Waals surface area contributed by atoms with E-state index in [4.69, 9.17) is 16.3 Å². The van der Waals surface area contributed by atoms with Gasteiger partial charge < -0.3 is 10.1 Å². The maximum Gasteiger partial charge on any atom is 0.417 e. The lowest BCUT2D eigenvalue weighted by atomic mass is 10.2. The second-order valence-electron chi connectivity index (χ2n) is 6.27. The topological polar surface area (TPSA) is 131 Å². The highest BCUT2D eigenvalue weighted by Crippen LogP contribution is 2.37. The SMILES string of the molecule is O=C(COc1ccccc1)NNc1ncnc(Nc2ccc(Cl)c(C(F)(F)F)c2)c1[N+](=O)[O-]. The van der Waals surface area contributed by atoms with Gasteiger partial charge in [0.2, 0.25) is 11.6 Å². The van der Waals surface area contributed by atoms with Crippen LogP contribution in [0.3, 0.4) is 0 Å². The third kappa shape index (κ3) is 6.20. The number of hydrogen-bond donors (Lipinski definition) is 3. The van der Waals surface area contributed by atoms with E-state index >= 15 is 0 Å². The largest absolute Gasteiger partial charge is 0.484 e. The minimum absolute atomic E-state index is 0.153. The van der Waals surface area contributed by atoms with E-state index in [2.05, 4.69) is 26.1 Å². The number of para-hydroxylation sites is 1. The Morgan fingerprint density at radius 1 is 1.12 bits per heavy atom. The molecule has 0 spiro atoms. The summed E-state index contributed by atoms with van der Waals surface area (Å²) in [5.74, 6) is -1.06. The summed E-state index contributed by atoms with van der Waals surface area (Å²) in [5.41, 5.74) is 2.48. The van der Waals surface area contributed by atoms with E-state index in [9.17, 15) is 28.1 Å². The summed E-state index contributed by atoms with van der Waals surface area (Å²) < 4.78 is 44.5. The van der Waals surface area contributed by atoms with Crippen LogP contribution in [0.1, 0.15) is 5.56 Å². The lowest BCUT2D eigenvalue weighted by Gasteiger charge is -2.13. The summed E-state index contributed by atoms with van der Waals surface area (Å²) in [4.78, 5) is 30.1. The van der Waals surface area contributed by atoms with Gasteiger partial charge in [0.1, 0.15) is 12.1 Å². The number of alkyl halides is 3. The lowest BCUT2D eigenvalue weighted by Crippen LogP contribution is -2.34. The molecule has 0 aliphatic carbocycles. The van der Waals surface area contributed by atoms with Crippen molar-refractivity contribution in [2.24, 2.45) is 0 Å². The van der Waals surface area contributed by atoms with Gasteiger partial charge in [0.25, 0.3) is 5.91 Å². The van der Waals surface area contributed by atoms with Crippen molar-refractivity contribution in [3.63, 3.8) is 0 Å². The molecule has 0 aliphatic heterocycles. The van der Waals surface area contributed by atoms with Crippen LogP contribution in [0, 0.1) is 10.1 Å². The molecule has 1 heterocycles. The Balaban J connectivity index is 1.75. The van der Waals surface area contributed by atoms with Gasteiger partial charge in [-0.15, -0.1) is 0 Å². The normalized spacial score (nSPS) is 10.9. The predicted molar refractivity (Wildman–Crippen MR) is 112 cm³/mol. The fraction of sp³-hybridized carbons (Fsp3) is 0.105. The van der Waals surface area contributed by atoms with Crippen molar-refractivity contribution in [3.05, 3.63) is 75.6 Å². The number of rotatable bonds is 8. The van der Waals surface area contributed by atoms with Crippen molar-refractivity contribution in [1.29, 1.82) is 0 Å². The van der Waals surface area contributed by atoms with Gasteiger partial charge in [-0.3, -0.25) is 25.8 Å². The van der Waals surface area contributed by atoms with Gasteiger partial charge in [0.05, 0.1) is 15.5 Å². The number of carbonyl (C=O) groups is 1. The van der Waals surface area contributed by atoms with Gasteiger partial charge in [0.15, 0.2) is 6.61 Å². The van der Waals surface area contributed by atoms with Crippen molar-refractivity contribution < 1.29 is 27.6 Å². The summed E-state index contributed by atoms with van der Waals surface area (Å²) in [6, 6.07) is 11.3. The molecule has 0 atom stereocenters. The fourth-order valence-electron chi connectivity index (χ4n) is 2.52. The first kappa shape index (κ1) is 23.5. The van der Waals surface area contributed by atoms with Gasteiger partial charge >= 0.3 is 11.9 Å². The number of benzene rings is 2. The number of amides is 1. The van der Waals surface area contributed by atoms with E-state index in [1.54, 1.807) is 30.3 Å². The number of anilines is 3. The van der Waals surface area contributed by atoms with E-state index in [0.29, 0.717) is 11.8 Å². The summed E-state index contributed by atoms with van der Waals surface area (Å²) in [6.45, 7) is -0.397. The first-order valence-corrected chi connectivity index (χ1v) is 9.39. The molecule has 1 amide bonds. The molecular weight excluding hydrogens is 469 g/mol. The van der Waals surface area contributed by atoms with Gasteiger partial charge in [0, 0.05) is 5.69 Å². The second kappa shape index (κ2) is 9.99. The van der Waals surface area contributed by atoms with Crippen molar-refractivity contribution in [2.75, 3.05) is 17.3 Å². The minimum Gasteiger partial charge on any atom is -0.484 e. The van der Waals surface area contributed by atoms with Crippen molar-refractivity contribution in [2.45, 2.75) is 6.18 Å². The molecule has 0 saturated carbocycles. The number of hydrazine groups is 1. The first-order chi connectivity index (χ1) is 15.6. The highest BCUT2D eigenvalue weighted by atomic mass is 35.5. The monoisotopic (exact) mass is 482 g/mol. The molecular formula is C19H14ClF3N6O4. The molecule has 3 aromatic rings. The molecule has 14 heteroatoms. The minimum atomic E-state index is -4.73. The quantitative estimate of drug-likeness (QED) is 0.319. The Hall–Kier alpha value is -4.13. The summed E-state index contributed by atoms with van der Waals surface area (Å²) in [6.07, 6.45) is -3.81. The first-order valence-electron chi connectivity index (χ1n) is 9.01. The second-order valence-corrected chi connectivity index (χ2v) is 6.68. The molecule has 33 heavy (non-hydrogen) atoms. The van der Waals surface area contributed by atoms with Crippen LogP contribution in [0.2, 0.25) is 5.02 Å². The number of nitrogens with one attached hydrogen (secondary N) is 3. The number of aromatic nitrogens is 2. The van der Waals surface area contributed by atoms with Gasteiger partial charge in [-0.2, -0.15) is 13.2 Å². The lowest BCUT2D eigenvalue weighted by molar-refractivity contribution is -0.383. The van der Waals surface area contributed by atoms with E-state index in [-0.39, 0.29) is 5.69 Å². The molecule has 2 aromatic carbocycles. The van der Waals surface area contributed by atoms with E-state index in [1.165, 1.54) is 6.07 Å². The van der Waals surface area contributed by atoms with Crippen LogP contribution in [0.5, 0.6) is 5.75 Å². The Morgan fingerprint density at radius 3 is 2.48 bits per heavy atom. The zero-order valence-electron chi connectivity index (χ0n) is 16.4. The number of nitrogens with zero attached hydrogens (tertiary/aromatic N) is 3. The molecule has 3 rings (SSSR count). The van der Waals surface area contributed by atoms with Crippen LogP contribution in [0.25, 0.3) is 0 Å². The van der Waals surface area contributed by atoms with Crippen LogP contribution in [-0.4, -0.2) is 27.4 Å². The van der Waals surface area contributed by atoms with Gasteiger partial charge in [-0.25, -0.2) is 9.97 Å². The van der Waals surface area contributed by atoms with Crippen molar-refractivity contribution >= 4 is 40.5 Å². The summed E-state index contributed by atoms with van der Waals surface area (Å²) in [7, 11) is 0. The van der Waals surface area contributed by atoms with Crippen molar-refractivity contribution in [1.82, 2.24) is 15.4 Å². The molecule has 0 saturated heterocycles. The Labute approximate surface area is 188 Å². The zero-order valence-corrected chi connectivity index (χ0v) is 17.1. The van der Waals surface area contributed by atoms with E-state index < -0.39 is 51.5 Å². The molecule has 172 valence electrons. The number of carbonyl (C=O) groups excluding carboxylic acids is 1. The number of halogens is 4. The molecule has 0 aliphatic rings. The molecule has 1 aromatic heterocycles. The van der Waals surface area contributed by atoms with Crippen LogP contribution in [0.4, 0.5) is 36.2 Å². The smallest absolute Gasteiger partial charge is 0.417 e. The standard InChI is InChI=1S/C19H14ClF3N6O4/c20-14-7-6-11(8-13(14)19(21,22)23)26-17-16(29(31)32)18(25-10-24-17)28-27-15(30)9-33-12-4-2-1-3-5-12/h1-8,10H,9H2,(H,27,30)(H2,24,25,26,28). The number of ether oxygens (including phenoxy) is 1. The van der Waals surface area contributed by atoms with Crippen LogP contribution >= 0.6 is 11.6 Å². The third-order valence-corrected chi connectivity index (χ3v) is 4.30. The summed E-state index contributed by atoms with van der Waals surface area (Å²) in [5, 5.41) is 13.5. The Morgan fingerprint density at radius 2 is 1.82 bits per heavy atom. The maximum atomic E-state index is 13.1. The Kier molecular flexibility index (Phi) is 7.13. The maximum absolute atomic E-state index is 13.1. The predicted octanol–water partition coefficient (Wildman–Crippen LogP) is 4.32. The van der Waals surface area contributed by atoms with E-state index in [1.807, 2.05) is 0 Å². The van der Waals surface area contributed by atoms with Crippen LogP contribution < -0.4 is 20.9 Å². The third-order valence-electron chi connectivity index (χ3n) is 3.97.